The molecular weight excluding hydrogens is 423 g/mol. The summed E-state index contributed by atoms with van der Waals surface area (Å²) in [5.41, 5.74) is 1.62. The second-order valence-electron chi connectivity index (χ2n) is 7.31. The quantitative estimate of drug-likeness (QED) is 0.583. The molecule has 0 saturated carbocycles. The molecule has 2 aromatic rings. The third-order valence-corrected chi connectivity index (χ3v) is 5.75. The third-order valence-electron chi connectivity index (χ3n) is 4.96. The van der Waals surface area contributed by atoms with Crippen molar-refractivity contribution in [3.05, 3.63) is 63.6 Å². The van der Waals surface area contributed by atoms with Crippen molar-refractivity contribution in [1.82, 2.24) is 10.2 Å². The van der Waals surface area contributed by atoms with E-state index in [1.165, 1.54) is 4.90 Å². The van der Waals surface area contributed by atoms with Crippen LogP contribution in [0.4, 0.5) is 0 Å². The lowest BCUT2D eigenvalue weighted by Gasteiger charge is -2.30. The lowest BCUT2D eigenvalue weighted by Crippen LogP contribution is -2.50. The lowest BCUT2D eigenvalue weighted by atomic mass is 10.1. The van der Waals surface area contributed by atoms with E-state index in [0.29, 0.717) is 15.8 Å². The number of nitrogens with one attached hydrogen (secondary N) is 1. The van der Waals surface area contributed by atoms with Crippen LogP contribution >= 0.6 is 23.2 Å². The van der Waals surface area contributed by atoms with E-state index in [9.17, 15) is 9.59 Å². The minimum atomic E-state index is -0.682. The zero-order valence-corrected chi connectivity index (χ0v) is 19.3. The van der Waals surface area contributed by atoms with Gasteiger partial charge in [-0.1, -0.05) is 48.3 Å². The van der Waals surface area contributed by atoms with E-state index < -0.39 is 6.04 Å². The molecule has 0 aromatic heterocycles. The molecule has 30 heavy (non-hydrogen) atoms. The summed E-state index contributed by atoms with van der Waals surface area (Å²) < 4.78 is 5.67. The van der Waals surface area contributed by atoms with Crippen LogP contribution in [-0.4, -0.2) is 35.4 Å². The van der Waals surface area contributed by atoms with Gasteiger partial charge in [-0.2, -0.15) is 0 Å². The summed E-state index contributed by atoms with van der Waals surface area (Å²) in [7, 11) is 0. The molecule has 2 atom stereocenters. The maximum Gasteiger partial charge on any atom is 0.261 e. The van der Waals surface area contributed by atoms with Crippen molar-refractivity contribution >= 4 is 35.0 Å². The zero-order valence-electron chi connectivity index (χ0n) is 17.7. The smallest absolute Gasteiger partial charge is 0.261 e. The fraction of sp³-hybridized carbons (Fsp3) is 0.391. The third kappa shape index (κ3) is 6.64. The summed E-state index contributed by atoms with van der Waals surface area (Å²) in [4.78, 5) is 27.2. The van der Waals surface area contributed by atoms with Crippen molar-refractivity contribution in [2.45, 2.75) is 52.7 Å². The molecule has 5 nitrogen and oxygen atoms in total. The van der Waals surface area contributed by atoms with Gasteiger partial charge in [0.05, 0.1) is 0 Å². The first-order valence-electron chi connectivity index (χ1n) is 9.95. The Morgan fingerprint density at radius 2 is 1.80 bits per heavy atom. The Hall–Kier alpha value is -2.24. The van der Waals surface area contributed by atoms with Crippen LogP contribution in [0.5, 0.6) is 5.75 Å². The molecule has 162 valence electrons. The number of nitrogens with zero attached hydrogens (tertiary/aromatic N) is 1. The molecule has 0 fully saturated rings. The van der Waals surface area contributed by atoms with Crippen molar-refractivity contribution in [3.8, 4) is 5.75 Å². The number of amides is 2. The van der Waals surface area contributed by atoms with Crippen LogP contribution in [0, 0.1) is 6.92 Å². The summed E-state index contributed by atoms with van der Waals surface area (Å²) in [6, 6.07) is 11.8. The van der Waals surface area contributed by atoms with Crippen LogP contribution in [0.25, 0.3) is 0 Å². The van der Waals surface area contributed by atoms with E-state index in [4.69, 9.17) is 27.9 Å². The van der Waals surface area contributed by atoms with Gasteiger partial charge in [0.25, 0.3) is 5.91 Å². The van der Waals surface area contributed by atoms with Crippen LogP contribution in [0.1, 0.15) is 38.3 Å². The van der Waals surface area contributed by atoms with Gasteiger partial charge in [-0.15, -0.1) is 0 Å². The molecule has 0 unspecified atom stereocenters. The number of carbonyl (C=O) groups excluding carboxylic acids is 2. The van der Waals surface area contributed by atoms with Gasteiger partial charge in [0.2, 0.25) is 5.91 Å². The number of carbonyl (C=O) groups is 2. The number of hydrogen-bond donors (Lipinski definition) is 1. The predicted molar refractivity (Wildman–Crippen MR) is 121 cm³/mol. The fourth-order valence-electron chi connectivity index (χ4n) is 2.79. The number of benzene rings is 2. The first-order valence-corrected chi connectivity index (χ1v) is 10.7. The zero-order chi connectivity index (χ0) is 22.3. The van der Waals surface area contributed by atoms with E-state index in [1.54, 1.807) is 31.2 Å². The molecular formula is C23H28Cl2N2O3. The molecule has 0 bridgehead atoms. The molecule has 1 N–H and O–H groups in total. The predicted octanol–water partition coefficient (Wildman–Crippen LogP) is 5.01. The maximum atomic E-state index is 13.0. The molecule has 0 aliphatic rings. The van der Waals surface area contributed by atoms with Crippen molar-refractivity contribution in [2.24, 2.45) is 0 Å². The standard InChI is InChI=1S/C23H28Cl2N2O3/c1-5-16(3)26-23(29)17(4)27(13-18-8-6-7-9-21(18)25)22(28)14-30-19-10-11-20(24)15(2)12-19/h6-12,16-17H,5,13-14H2,1-4H3,(H,26,29)/t16-,17-/m1/s1. The topological polar surface area (TPSA) is 58.6 Å². The molecule has 0 heterocycles. The number of aryl methyl sites for hydroxylation is 1. The van der Waals surface area contributed by atoms with Gasteiger partial charge in [0, 0.05) is 22.6 Å². The van der Waals surface area contributed by atoms with Gasteiger partial charge >= 0.3 is 0 Å². The summed E-state index contributed by atoms with van der Waals surface area (Å²) >= 11 is 12.3. The average molecular weight is 451 g/mol. The minimum Gasteiger partial charge on any atom is -0.484 e. The Kier molecular flexibility index (Phi) is 9.00. The number of hydrogen-bond acceptors (Lipinski definition) is 3. The summed E-state index contributed by atoms with van der Waals surface area (Å²) in [6.45, 7) is 7.49. The van der Waals surface area contributed by atoms with Crippen molar-refractivity contribution < 1.29 is 14.3 Å². The van der Waals surface area contributed by atoms with Crippen molar-refractivity contribution in [2.75, 3.05) is 6.61 Å². The van der Waals surface area contributed by atoms with Gasteiger partial charge in [-0.25, -0.2) is 0 Å². The van der Waals surface area contributed by atoms with E-state index in [2.05, 4.69) is 5.32 Å². The van der Waals surface area contributed by atoms with Crippen LogP contribution in [-0.2, 0) is 16.1 Å². The molecule has 7 heteroatoms. The Labute approximate surface area is 188 Å². The molecule has 2 rings (SSSR count). The largest absolute Gasteiger partial charge is 0.484 e. The van der Waals surface area contributed by atoms with Gasteiger partial charge in [0.1, 0.15) is 11.8 Å². The molecule has 2 aromatic carbocycles. The van der Waals surface area contributed by atoms with E-state index in [-0.39, 0.29) is 31.0 Å². The highest BCUT2D eigenvalue weighted by atomic mass is 35.5. The number of ether oxygens (including phenoxy) is 1. The Morgan fingerprint density at radius 1 is 1.10 bits per heavy atom. The van der Waals surface area contributed by atoms with Crippen molar-refractivity contribution in [1.29, 1.82) is 0 Å². The number of halogens is 2. The van der Waals surface area contributed by atoms with Crippen LogP contribution < -0.4 is 10.1 Å². The summed E-state index contributed by atoms with van der Waals surface area (Å²) in [5.74, 6) is 0.0149. The molecule has 0 aliphatic carbocycles. The van der Waals surface area contributed by atoms with E-state index in [0.717, 1.165) is 17.5 Å². The summed E-state index contributed by atoms with van der Waals surface area (Å²) in [6.07, 6.45) is 0.802. The van der Waals surface area contributed by atoms with Crippen LogP contribution in [0.15, 0.2) is 42.5 Å². The highest BCUT2D eigenvalue weighted by Gasteiger charge is 2.27. The van der Waals surface area contributed by atoms with Crippen LogP contribution in [0.2, 0.25) is 10.0 Å². The number of rotatable bonds is 9. The molecule has 0 aliphatic heterocycles. The SMILES string of the molecule is CC[C@@H](C)NC(=O)[C@@H](C)N(Cc1ccccc1Cl)C(=O)COc1ccc(Cl)c(C)c1. The molecule has 2 amide bonds. The van der Waals surface area contributed by atoms with E-state index in [1.807, 2.05) is 39.0 Å². The molecule has 0 spiro atoms. The van der Waals surface area contributed by atoms with Gasteiger partial charge in [-0.3, -0.25) is 9.59 Å². The highest BCUT2D eigenvalue weighted by Crippen LogP contribution is 2.22. The normalized spacial score (nSPS) is 12.7. The lowest BCUT2D eigenvalue weighted by molar-refractivity contribution is -0.142. The first-order chi connectivity index (χ1) is 14.2. The molecule has 0 radical (unpaired) electrons. The average Bonchev–Trinajstić information content (AvgIpc) is 2.73. The Balaban J connectivity index is 2.18. The van der Waals surface area contributed by atoms with Gasteiger partial charge < -0.3 is 15.0 Å². The van der Waals surface area contributed by atoms with Crippen LogP contribution in [0.3, 0.4) is 0 Å². The van der Waals surface area contributed by atoms with E-state index >= 15 is 0 Å². The molecule has 0 saturated heterocycles. The van der Waals surface area contributed by atoms with Gasteiger partial charge in [-0.05, 0) is 62.6 Å². The first kappa shape index (κ1) is 24.0. The second-order valence-corrected chi connectivity index (χ2v) is 8.12. The maximum absolute atomic E-state index is 13.0. The monoisotopic (exact) mass is 450 g/mol. The Morgan fingerprint density at radius 3 is 2.43 bits per heavy atom. The Bertz CT molecular complexity index is 889. The second kappa shape index (κ2) is 11.2. The fourth-order valence-corrected chi connectivity index (χ4v) is 3.11. The van der Waals surface area contributed by atoms with Crippen molar-refractivity contribution in [3.63, 3.8) is 0 Å². The minimum absolute atomic E-state index is 0.0190. The summed E-state index contributed by atoms with van der Waals surface area (Å²) in [5, 5.41) is 4.10. The van der Waals surface area contributed by atoms with Gasteiger partial charge in [0.15, 0.2) is 6.61 Å². The highest BCUT2D eigenvalue weighted by molar-refractivity contribution is 6.31.